The number of fused-ring (bicyclic) bond motifs is 1. The molecule has 8 heteroatoms. The Labute approximate surface area is 171 Å². The summed E-state index contributed by atoms with van der Waals surface area (Å²) in [4.78, 5) is 22.4. The van der Waals surface area contributed by atoms with Crippen LogP contribution in [0.15, 0.2) is 36.7 Å². The number of likely N-dealkylation sites (N-methyl/N-ethyl adjacent to an activating group) is 1. The van der Waals surface area contributed by atoms with Crippen LogP contribution in [0.1, 0.15) is 18.9 Å². The minimum absolute atomic E-state index is 0.0615. The van der Waals surface area contributed by atoms with Crippen molar-refractivity contribution in [1.29, 1.82) is 0 Å². The number of amides is 1. The highest BCUT2D eigenvalue weighted by Crippen LogP contribution is 2.25. The summed E-state index contributed by atoms with van der Waals surface area (Å²) < 4.78 is 2.06. The molecule has 1 aromatic carbocycles. The maximum Gasteiger partial charge on any atom is 0.236 e. The number of aromatic nitrogens is 3. The standard InChI is InChI=1S/C21H29N7O/c1-5-9-24-20-17-7-6-16(11-18(17)25-21(22-2)26-20)28-10-8-15(14-28)12-23-13-19(29)27(3)4/h6-8,10-11,14,23H,5,9,12-13H2,1-4H3,(H2,22,24,25,26). The number of carbonyl (C=O) groups is 1. The molecule has 0 saturated heterocycles. The van der Waals surface area contributed by atoms with Crippen LogP contribution in [0.25, 0.3) is 16.6 Å². The summed E-state index contributed by atoms with van der Waals surface area (Å²) in [6, 6.07) is 8.22. The number of nitrogens with one attached hydrogen (secondary N) is 3. The van der Waals surface area contributed by atoms with Crippen LogP contribution < -0.4 is 16.0 Å². The molecule has 0 aliphatic heterocycles. The number of carbonyl (C=O) groups excluding carboxylic acids is 1. The van der Waals surface area contributed by atoms with Gasteiger partial charge >= 0.3 is 0 Å². The second-order valence-corrected chi connectivity index (χ2v) is 7.09. The van der Waals surface area contributed by atoms with Crippen LogP contribution in [0, 0.1) is 0 Å². The van der Waals surface area contributed by atoms with Crippen molar-refractivity contribution in [2.75, 3.05) is 44.9 Å². The summed E-state index contributed by atoms with van der Waals surface area (Å²) in [5.74, 6) is 1.50. The zero-order valence-electron chi connectivity index (χ0n) is 17.5. The molecule has 2 heterocycles. The van der Waals surface area contributed by atoms with E-state index >= 15 is 0 Å². The van der Waals surface area contributed by atoms with E-state index in [1.807, 2.05) is 19.3 Å². The lowest BCUT2D eigenvalue weighted by Gasteiger charge is -2.11. The molecule has 154 valence electrons. The average molecular weight is 396 g/mol. The largest absolute Gasteiger partial charge is 0.369 e. The van der Waals surface area contributed by atoms with Crippen molar-refractivity contribution in [3.05, 3.63) is 42.2 Å². The minimum Gasteiger partial charge on any atom is -0.369 e. The minimum atomic E-state index is 0.0615. The van der Waals surface area contributed by atoms with Crippen LogP contribution in [-0.2, 0) is 11.3 Å². The van der Waals surface area contributed by atoms with Gasteiger partial charge in [-0.15, -0.1) is 0 Å². The Balaban J connectivity index is 1.80. The molecule has 0 saturated carbocycles. The van der Waals surface area contributed by atoms with Gasteiger partial charge in [-0.25, -0.2) is 4.98 Å². The normalized spacial score (nSPS) is 10.9. The molecule has 0 atom stereocenters. The van der Waals surface area contributed by atoms with E-state index in [0.29, 0.717) is 19.0 Å². The molecule has 0 aliphatic rings. The summed E-state index contributed by atoms with van der Waals surface area (Å²) >= 11 is 0. The first-order valence-corrected chi connectivity index (χ1v) is 9.83. The first-order chi connectivity index (χ1) is 14.0. The van der Waals surface area contributed by atoms with E-state index in [0.717, 1.165) is 40.9 Å². The van der Waals surface area contributed by atoms with Gasteiger partial charge in [0.1, 0.15) is 5.82 Å². The lowest BCUT2D eigenvalue weighted by Crippen LogP contribution is -2.32. The Hall–Kier alpha value is -3.13. The van der Waals surface area contributed by atoms with Gasteiger partial charge in [-0.2, -0.15) is 4.98 Å². The summed E-state index contributed by atoms with van der Waals surface area (Å²) in [5.41, 5.74) is 3.02. The molecule has 0 bridgehead atoms. The molecular weight excluding hydrogens is 366 g/mol. The van der Waals surface area contributed by atoms with Gasteiger partial charge in [-0.3, -0.25) is 4.79 Å². The Bertz CT molecular complexity index is 980. The van der Waals surface area contributed by atoms with Gasteiger partial charge in [-0.05, 0) is 36.2 Å². The number of hydrogen-bond acceptors (Lipinski definition) is 6. The summed E-state index contributed by atoms with van der Waals surface area (Å²) in [7, 11) is 5.33. The third kappa shape index (κ3) is 5.03. The van der Waals surface area contributed by atoms with Gasteiger partial charge in [0.15, 0.2) is 0 Å². The quantitative estimate of drug-likeness (QED) is 0.516. The van der Waals surface area contributed by atoms with Crippen LogP contribution in [0.4, 0.5) is 11.8 Å². The topological polar surface area (TPSA) is 87.1 Å². The number of rotatable bonds is 9. The van der Waals surface area contributed by atoms with Crippen molar-refractivity contribution in [3.63, 3.8) is 0 Å². The third-order valence-corrected chi connectivity index (χ3v) is 4.60. The molecular formula is C21H29N7O. The van der Waals surface area contributed by atoms with Crippen LogP contribution >= 0.6 is 0 Å². The zero-order chi connectivity index (χ0) is 20.8. The maximum absolute atomic E-state index is 11.7. The van der Waals surface area contributed by atoms with E-state index in [1.165, 1.54) is 0 Å². The average Bonchev–Trinajstić information content (AvgIpc) is 3.20. The van der Waals surface area contributed by atoms with Crippen molar-refractivity contribution in [3.8, 4) is 5.69 Å². The van der Waals surface area contributed by atoms with Crippen molar-refractivity contribution in [2.45, 2.75) is 19.9 Å². The van der Waals surface area contributed by atoms with Crippen molar-refractivity contribution < 1.29 is 4.79 Å². The summed E-state index contributed by atoms with van der Waals surface area (Å²) in [5, 5.41) is 10.6. The highest BCUT2D eigenvalue weighted by Gasteiger charge is 2.09. The van der Waals surface area contributed by atoms with Gasteiger partial charge in [0.05, 0.1) is 12.1 Å². The van der Waals surface area contributed by atoms with E-state index in [-0.39, 0.29) is 5.91 Å². The highest BCUT2D eigenvalue weighted by atomic mass is 16.2. The van der Waals surface area contributed by atoms with E-state index in [4.69, 9.17) is 0 Å². The van der Waals surface area contributed by atoms with Crippen LogP contribution in [0.2, 0.25) is 0 Å². The maximum atomic E-state index is 11.7. The lowest BCUT2D eigenvalue weighted by molar-refractivity contribution is -0.127. The Morgan fingerprint density at radius 3 is 2.76 bits per heavy atom. The second kappa shape index (κ2) is 9.38. The molecule has 0 radical (unpaired) electrons. The van der Waals surface area contributed by atoms with Gasteiger partial charge in [0.2, 0.25) is 11.9 Å². The molecule has 0 unspecified atom stereocenters. The fourth-order valence-electron chi connectivity index (χ4n) is 2.95. The molecule has 0 fully saturated rings. The first kappa shape index (κ1) is 20.6. The lowest BCUT2D eigenvalue weighted by atomic mass is 10.2. The van der Waals surface area contributed by atoms with Crippen molar-refractivity contribution >= 4 is 28.6 Å². The Morgan fingerprint density at radius 1 is 1.21 bits per heavy atom. The fraction of sp³-hybridized carbons (Fsp3) is 0.381. The predicted octanol–water partition coefficient (Wildman–Crippen LogP) is 2.46. The molecule has 3 N–H and O–H groups in total. The number of hydrogen-bond donors (Lipinski definition) is 3. The third-order valence-electron chi connectivity index (χ3n) is 4.60. The molecule has 29 heavy (non-hydrogen) atoms. The van der Waals surface area contributed by atoms with E-state index in [2.05, 4.69) is 61.8 Å². The molecule has 3 aromatic rings. The summed E-state index contributed by atoms with van der Waals surface area (Å²) in [6.45, 7) is 3.95. The van der Waals surface area contributed by atoms with Gasteiger partial charge in [0.25, 0.3) is 0 Å². The molecule has 2 aromatic heterocycles. The summed E-state index contributed by atoms with van der Waals surface area (Å²) in [6.07, 6.45) is 5.10. The van der Waals surface area contributed by atoms with Gasteiger partial charge in [0, 0.05) is 57.7 Å². The molecule has 0 spiro atoms. The second-order valence-electron chi connectivity index (χ2n) is 7.09. The zero-order valence-corrected chi connectivity index (χ0v) is 17.5. The number of nitrogens with zero attached hydrogens (tertiary/aromatic N) is 4. The molecule has 8 nitrogen and oxygen atoms in total. The van der Waals surface area contributed by atoms with Crippen LogP contribution in [-0.4, -0.2) is 59.6 Å². The molecule has 3 rings (SSSR count). The number of anilines is 2. The fourth-order valence-corrected chi connectivity index (χ4v) is 2.95. The van der Waals surface area contributed by atoms with Gasteiger partial charge < -0.3 is 25.4 Å². The first-order valence-electron chi connectivity index (χ1n) is 9.83. The molecule has 1 amide bonds. The van der Waals surface area contributed by atoms with Crippen LogP contribution in [0.3, 0.4) is 0 Å². The highest BCUT2D eigenvalue weighted by molar-refractivity contribution is 5.91. The smallest absolute Gasteiger partial charge is 0.236 e. The van der Waals surface area contributed by atoms with E-state index < -0.39 is 0 Å². The van der Waals surface area contributed by atoms with Crippen molar-refractivity contribution in [1.82, 2.24) is 24.8 Å². The van der Waals surface area contributed by atoms with E-state index in [1.54, 1.807) is 19.0 Å². The Morgan fingerprint density at radius 2 is 2.03 bits per heavy atom. The molecule has 0 aliphatic carbocycles. The van der Waals surface area contributed by atoms with Crippen LogP contribution in [0.5, 0.6) is 0 Å². The number of benzene rings is 1. The SMILES string of the molecule is CCCNc1nc(NC)nc2cc(-n3ccc(CNCC(=O)N(C)C)c3)ccc12. The van der Waals surface area contributed by atoms with Crippen molar-refractivity contribution in [2.24, 2.45) is 0 Å². The van der Waals surface area contributed by atoms with E-state index in [9.17, 15) is 4.79 Å². The van der Waals surface area contributed by atoms with Gasteiger partial charge in [-0.1, -0.05) is 6.92 Å². The predicted molar refractivity (Wildman–Crippen MR) is 118 cm³/mol. The Kier molecular flexibility index (Phi) is 6.66. The monoisotopic (exact) mass is 395 g/mol.